The number of nitrogens with zero attached hydrogens (tertiary/aromatic N) is 3. The molecule has 3 nitrogen and oxygen atoms in total. The number of anilines is 6. The Kier molecular flexibility index (Phi) is 8.41. The van der Waals surface area contributed by atoms with Crippen molar-refractivity contribution >= 4 is 131 Å². The minimum Gasteiger partial charge on any atom is -0.311 e. The average Bonchev–Trinajstić information content (AvgIpc) is 3.98. The molecule has 2 aliphatic rings. The summed E-state index contributed by atoms with van der Waals surface area (Å²) in [6, 6.07) is 60.2. The van der Waals surface area contributed by atoms with Crippen LogP contribution >= 0.6 is 22.7 Å². The van der Waals surface area contributed by atoms with Crippen molar-refractivity contribution in [2.24, 2.45) is 0 Å². The summed E-state index contributed by atoms with van der Waals surface area (Å²) in [5.74, 6) is 0. The summed E-state index contributed by atoms with van der Waals surface area (Å²) >= 11 is 3.84. The van der Waals surface area contributed by atoms with Crippen molar-refractivity contribution in [2.75, 3.05) is 9.80 Å². The molecule has 0 fully saturated rings. The van der Waals surface area contributed by atoms with E-state index in [9.17, 15) is 0 Å². The minimum absolute atomic E-state index is 0.000633. The van der Waals surface area contributed by atoms with E-state index in [1.165, 1.54) is 124 Å². The maximum atomic E-state index is 2.69. The van der Waals surface area contributed by atoms with E-state index in [-0.39, 0.29) is 17.5 Å². The van der Waals surface area contributed by atoms with E-state index < -0.39 is 0 Å². The van der Waals surface area contributed by atoms with Gasteiger partial charge in [0, 0.05) is 69.8 Å². The van der Waals surface area contributed by atoms with Gasteiger partial charge in [-0.05, 0) is 130 Å². The molecule has 3 aromatic heterocycles. The molecule has 66 heavy (non-hydrogen) atoms. The molecule has 0 saturated heterocycles. The maximum absolute atomic E-state index is 2.69. The van der Waals surface area contributed by atoms with Crippen molar-refractivity contribution < 1.29 is 0 Å². The van der Waals surface area contributed by atoms with Crippen molar-refractivity contribution in [3.63, 3.8) is 0 Å². The Morgan fingerprint density at radius 2 is 1.08 bits per heavy atom. The van der Waals surface area contributed by atoms with Crippen molar-refractivity contribution in [3.8, 4) is 5.69 Å². The number of aromatic nitrogens is 1. The predicted octanol–water partition coefficient (Wildman–Crippen LogP) is 15.7. The normalized spacial score (nSPS) is 13.4. The van der Waals surface area contributed by atoms with Crippen LogP contribution in [0.25, 0.3) is 57.1 Å². The van der Waals surface area contributed by atoms with Crippen molar-refractivity contribution in [1.29, 1.82) is 0 Å². The molecule has 0 spiro atoms. The summed E-state index contributed by atoms with van der Waals surface area (Å²) < 4.78 is 8.01. The van der Waals surface area contributed by atoms with E-state index in [4.69, 9.17) is 0 Å². The largest absolute Gasteiger partial charge is 0.311 e. The van der Waals surface area contributed by atoms with Crippen molar-refractivity contribution in [2.45, 2.75) is 66.2 Å². The number of fused-ring (bicyclic) bond motifs is 12. The molecule has 13 rings (SSSR count). The van der Waals surface area contributed by atoms with E-state index in [0.29, 0.717) is 0 Å². The van der Waals surface area contributed by atoms with Gasteiger partial charge < -0.3 is 14.4 Å². The van der Waals surface area contributed by atoms with Crippen LogP contribution in [0.5, 0.6) is 0 Å². The molecule has 0 unspecified atom stereocenters. The van der Waals surface area contributed by atoms with E-state index in [0.717, 1.165) is 5.69 Å². The Bertz CT molecular complexity index is 3810. The van der Waals surface area contributed by atoms with Gasteiger partial charge in [0.1, 0.15) is 0 Å². The molecule has 2 aliphatic heterocycles. The Morgan fingerprint density at radius 1 is 0.470 bits per heavy atom. The van der Waals surface area contributed by atoms with Gasteiger partial charge in [0.15, 0.2) is 0 Å². The van der Waals surface area contributed by atoms with E-state index >= 15 is 0 Å². The molecule has 0 aliphatic carbocycles. The maximum Gasteiger partial charge on any atom is 0.252 e. The molecule has 5 heterocycles. The van der Waals surface area contributed by atoms with Crippen LogP contribution in [0.1, 0.15) is 63.8 Å². The van der Waals surface area contributed by atoms with Gasteiger partial charge in [-0.25, -0.2) is 0 Å². The predicted molar refractivity (Wildman–Crippen MR) is 290 cm³/mol. The van der Waals surface area contributed by atoms with E-state index in [1.807, 2.05) is 22.7 Å². The first-order valence-electron chi connectivity index (χ1n) is 23.3. The number of hydrogen-bond acceptors (Lipinski definition) is 4. The van der Waals surface area contributed by atoms with Crippen LogP contribution in [-0.2, 0) is 10.8 Å². The molecular weight excluding hydrogens is 838 g/mol. The van der Waals surface area contributed by atoms with Gasteiger partial charge in [0.25, 0.3) is 6.71 Å². The second kappa shape index (κ2) is 14.0. The Labute approximate surface area is 395 Å². The van der Waals surface area contributed by atoms with Crippen LogP contribution in [0.3, 0.4) is 0 Å². The summed E-state index contributed by atoms with van der Waals surface area (Å²) in [6.45, 7) is 18.7. The Hall–Kier alpha value is -6.60. The smallest absolute Gasteiger partial charge is 0.252 e. The molecule has 11 aromatic rings. The highest BCUT2D eigenvalue weighted by molar-refractivity contribution is 7.27. The quantitative estimate of drug-likeness (QED) is 0.163. The summed E-state index contributed by atoms with van der Waals surface area (Å²) in [4.78, 5) is 5.15. The third-order valence-corrected chi connectivity index (χ3v) is 16.8. The molecule has 320 valence electrons. The molecule has 0 N–H and O–H groups in total. The summed E-state index contributed by atoms with van der Waals surface area (Å²) in [7, 11) is 0. The summed E-state index contributed by atoms with van der Waals surface area (Å²) in [6.07, 6.45) is 0. The van der Waals surface area contributed by atoms with Crippen LogP contribution in [0.2, 0.25) is 0 Å². The van der Waals surface area contributed by atoms with Gasteiger partial charge in [-0.2, -0.15) is 0 Å². The zero-order chi connectivity index (χ0) is 45.0. The number of para-hydroxylation sites is 2. The fourth-order valence-corrected chi connectivity index (χ4v) is 13.5. The molecule has 0 saturated carbocycles. The Balaban J connectivity index is 1.21. The summed E-state index contributed by atoms with van der Waals surface area (Å²) in [5.41, 5.74) is 20.3. The van der Waals surface area contributed by atoms with Crippen LogP contribution < -0.4 is 26.2 Å². The van der Waals surface area contributed by atoms with Crippen LogP contribution in [0.4, 0.5) is 34.1 Å². The Morgan fingerprint density at radius 3 is 1.77 bits per heavy atom. The highest BCUT2D eigenvalue weighted by Crippen LogP contribution is 2.51. The monoisotopic (exact) mass is 887 g/mol. The van der Waals surface area contributed by atoms with E-state index in [2.05, 4.69) is 227 Å². The lowest BCUT2D eigenvalue weighted by atomic mass is 9.33. The standard InChI is InChI=1S/C60H50BN3S2/c1-35-18-9-13-22-45(35)62(46-23-14-10-19-36(46)2)39-28-29-43-48(34-39)63(47-24-17-27-53-54(47)40-20-11-15-25-51(40)65-53)49-32-38(60(6,7)8)33-50-55(49)61(43)44-31-37(59(3,4)5)30-42-56(44)64(50)57-41-21-12-16-26-52(41)66-58(42)57/h9-34H,1-8H3. The van der Waals surface area contributed by atoms with Crippen LogP contribution in [-0.4, -0.2) is 11.3 Å². The molecule has 0 bridgehead atoms. The SMILES string of the molecule is Cc1ccccc1N(c1ccc2c(c1)N(c1cccc3sc4ccccc4c13)c1cc(C(C)(C)C)cc3c1B2c1cc(C(C)(C)C)cc2c4sc5ccccc5c4n-3c12)c1ccccc1C. The first-order chi connectivity index (χ1) is 31.8. The number of rotatable bonds is 4. The lowest BCUT2D eigenvalue weighted by molar-refractivity contribution is 0.590. The van der Waals surface area contributed by atoms with E-state index in [1.54, 1.807) is 0 Å². The first kappa shape index (κ1) is 39.7. The third kappa shape index (κ3) is 5.61. The molecule has 0 radical (unpaired) electrons. The highest BCUT2D eigenvalue weighted by Gasteiger charge is 2.44. The van der Waals surface area contributed by atoms with Crippen molar-refractivity contribution in [3.05, 3.63) is 180 Å². The number of aryl methyl sites for hydroxylation is 2. The second-order valence-corrected chi connectivity index (χ2v) is 22.8. The molecule has 8 aromatic carbocycles. The topological polar surface area (TPSA) is 11.4 Å². The number of hydrogen-bond donors (Lipinski definition) is 0. The molecule has 0 amide bonds. The zero-order valence-electron chi connectivity index (χ0n) is 38.7. The molecular formula is C60H50BN3S2. The van der Waals surface area contributed by atoms with Gasteiger partial charge in [-0.1, -0.05) is 133 Å². The average molecular weight is 888 g/mol. The lowest BCUT2D eigenvalue weighted by Crippen LogP contribution is -2.60. The van der Waals surface area contributed by atoms with Crippen LogP contribution in [0.15, 0.2) is 158 Å². The van der Waals surface area contributed by atoms with Crippen molar-refractivity contribution in [1.82, 2.24) is 4.57 Å². The van der Waals surface area contributed by atoms with Crippen LogP contribution in [0, 0.1) is 13.8 Å². The molecule has 0 atom stereocenters. The lowest BCUT2D eigenvalue weighted by Gasteiger charge is -2.42. The summed E-state index contributed by atoms with van der Waals surface area (Å²) in [5, 5.41) is 5.29. The fourth-order valence-electron chi connectivity index (χ4n) is 11.2. The highest BCUT2D eigenvalue weighted by atomic mass is 32.1. The number of benzene rings is 8. The van der Waals surface area contributed by atoms with Gasteiger partial charge in [0.05, 0.1) is 21.4 Å². The molecule has 6 heteroatoms. The second-order valence-electron chi connectivity index (χ2n) is 20.7. The first-order valence-corrected chi connectivity index (χ1v) is 24.9. The van der Waals surface area contributed by atoms with Gasteiger partial charge in [-0.3, -0.25) is 0 Å². The minimum atomic E-state index is -0.124. The number of thiophene rings is 2. The van der Waals surface area contributed by atoms with Gasteiger partial charge in [0.2, 0.25) is 0 Å². The third-order valence-electron chi connectivity index (χ3n) is 14.5. The zero-order valence-corrected chi connectivity index (χ0v) is 40.4. The van der Waals surface area contributed by atoms with Gasteiger partial charge >= 0.3 is 0 Å². The van der Waals surface area contributed by atoms with Gasteiger partial charge in [-0.15, -0.1) is 22.7 Å². The fraction of sp³-hybridized carbons (Fsp3) is 0.167.